The molecular weight excluding hydrogens is 408 g/mol. The minimum Gasteiger partial charge on any atom is -0.481 e. The average Bonchev–Trinajstić information content (AvgIpc) is 3.09. The summed E-state index contributed by atoms with van der Waals surface area (Å²) in [5, 5.41) is 11.5. The van der Waals surface area contributed by atoms with Gasteiger partial charge in [-0.25, -0.2) is 4.79 Å². The lowest BCUT2D eigenvalue weighted by atomic mass is 9.98. The normalized spacial score (nSPS) is 13.1. The van der Waals surface area contributed by atoms with Gasteiger partial charge in [-0.2, -0.15) is 0 Å². The van der Waals surface area contributed by atoms with E-state index in [4.69, 9.17) is 9.84 Å². The van der Waals surface area contributed by atoms with E-state index in [0.717, 1.165) is 11.1 Å². The smallest absolute Gasteiger partial charge is 0.407 e. The van der Waals surface area contributed by atoms with Gasteiger partial charge in [0.1, 0.15) is 6.61 Å². The third-order valence-electron chi connectivity index (χ3n) is 5.81. The first-order valence-corrected chi connectivity index (χ1v) is 10.9. The summed E-state index contributed by atoms with van der Waals surface area (Å²) in [7, 11) is 1.66. The van der Waals surface area contributed by atoms with E-state index in [1.807, 2.05) is 31.2 Å². The summed E-state index contributed by atoms with van der Waals surface area (Å²) >= 11 is 0. The van der Waals surface area contributed by atoms with Crippen LogP contribution in [-0.4, -0.2) is 54.2 Å². The Bertz CT molecular complexity index is 929. The van der Waals surface area contributed by atoms with Crippen LogP contribution in [0.25, 0.3) is 11.1 Å². The average molecular weight is 439 g/mol. The first-order chi connectivity index (χ1) is 15.4. The maximum Gasteiger partial charge on any atom is 0.407 e. The maximum atomic E-state index is 12.3. The molecule has 2 amide bonds. The summed E-state index contributed by atoms with van der Waals surface area (Å²) in [6, 6.07) is 16.1. The number of hydrogen-bond acceptors (Lipinski definition) is 4. The molecule has 2 aromatic carbocycles. The number of alkyl carbamates (subject to hydrolysis) is 1. The summed E-state index contributed by atoms with van der Waals surface area (Å²) in [6.45, 7) is 2.48. The molecule has 0 spiro atoms. The molecule has 0 bridgehead atoms. The van der Waals surface area contributed by atoms with Crippen molar-refractivity contribution in [2.75, 3.05) is 20.2 Å². The zero-order chi connectivity index (χ0) is 23.1. The number of nitrogens with zero attached hydrogens (tertiary/aromatic N) is 1. The van der Waals surface area contributed by atoms with Crippen LogP contribution in [-0.2, 0) is 14.3 Å². The monoisotopic (exact) mass is 438 g/mol. The number of benzene rings is 2. The van der Waals surface area contributed by atoms with Gasteiger partial charge in [0.25, 0.3) is 0 Å². The summed E-state index contributed by atoms with van der Waals surface area (Å²) in [5.41, 5.74) is 4.67. The van der Waals surface area contributed by atoms with Crippen LogP contribution in [0.3, 0.4) is 0 Å². The van der Waals surface area contributed by atoms with Gasteiger partial charge in [-0.1, -0.05) is 48.5 Å². The van der Waals surface area contributed by atoms with Crippen LogP contribution >= 0.6 is 0 Å². The van der Waals surface area contributed by atoms with Crippen LogP contribution in [0.15, 0.2) is 48.5 Å². The third-order valence-corrected chi connectivity index (χ3v) is 5.81. The van der Waals surface area contributed by atoms with Gasteiger partial charge in [0.15, 0.2) is 0 Å². The molecule has 7 heteroatoms. The standard InChI is InChI=1S/C25H30N2O5/c1-17(13-14-23(28)27(2)15-7-12-24(29)30)26-25(31)32-16-22-20-10-5-3-8-18(20)19-9-4-6-11-21(19)22/h3-6,8-11,17,22H,7,12-16H2,1-2H3,(H,26,31)(H,29,30). The minimum absolute atomic E-state index is 0.00415. The van der Waals surface area contributed by atoms with E-state index in [1.165, 1.54) is 16.0 Å². The topological polar surface area (TPSA) is 95.9 Å². The SMILES string of the molecule is CC(CCC(=O)N(C)CCCC(=O)O)NC(=O)OCC1c2ccccc2-c2ccccc21. The number of hydrogen-bond donors (Lipinski definition) is 2. The second-order valence-corrected chi connectivity index (χ2v) is 8.22. The van der Waals surface area contributed by atoms with Crippen molar-refractivity contribution in [2.24, 2.45) is 0 Å². The first-order valence-electron chi connectivity index (χ1n) is 10.9. The van der Waals surface area contributed by atoms with Gasteiger partial charge in [0.05, 0.1) is 0 Å². The second-order valence-electron chi connectivity index (χ2n) is 8.22. The Balaban J connectivity index is 1.44. The molecule has 0 aromatic heterocycles. The molecule has 1 atom stereocenters. The van der Waals surface area contributed by atoms with Crippen molar-refractivity contribution in [3.05, 3.63) is 59.7 Å². The van der Waals surface area contributed by atoms with Crippen molar-refractivity contribution >= 4 is 18.0 Å². The maximum absolute atomic E-state index is 12.3. The van der Waals surface area contributed by atoms with E-state index in [1.54, 1.807) is 7.05 Å². The Morgan fingerprint density at radius 1 is 1.03 bits per heavy atom. The number of aliphatic carboxylic acids is 1. The molecule has 170 valence electrons. The van der Waals surface area contributed by atoms with Gasteiger partial charge in [-0.15, -0.1) is 0 Å². The Kier molecular flexibility index (Phi) is 7.87. The predicted octanol–water partition coefficient (Wildman–Crippen LogP) is 4.02. The number of carbonyl (C=O) groups excluding carboxylic acids is 2. The van der Waals surface area contributed by atoms with E-state index in [-0.39, 0.29) is 37.3 Å². The fourth-order valence-electron chi connectivity index (χ4n) is 4.04. The van der Waals surface area contributed by atoms with E-state index >= 15 is 0 Å². The fourth-order valence-corrected chi connectivity index (χ4v) is 4.04. The Morgan fingerprint density at radius 2 is 1.62 bits per heavy atom. The number of fused-ring (bicyclic) bond motifs is 3. The van der Waals surface area contributed by atoms with Crippen LogP contribution in [0.1, 0.15) is 49.7 Å². The summed E-state index contributed by atoms with van der Waals surface area (Å²) in [5.74, 6) is -0.937. The highest BCUT2D eigenvalue weighted by Gasteiger charge is 2.29. The number of carbonyl (C=O) groups is 3. The summed E-state index contributed by atoms with van der Waals surface area (Å²) in [6.07, 6.45) is 0.713. The molecule has 2 aromatic rings. The third kappa shape index (κ3) is 5.87. The Morgan fingerprint density at radius 3 is 2.22 bits per heavy atom. The van der Waals surface area contributed by atoms with Crippen molar-refractivity contribution in [2.45, 2.75) is 44.6 Å². The first kappa shape index (κ1) is 23.3. The molecule has 0 heterocycles. The van der Waals surface area contributed by atoms with Crippen molar-refractivity contribution in [1.82, 2.24) is 10.2 Å². The van der Waals surface area contributed by atoms with Crippen LogP contribution < -0.4 is 5.32 Å². The van der Waals surface area contributed by atoms with Gasteiger partial charge in [0.2, 0.25) is 5.91 Å². The number of carboxylic acids is 1. The van der Waals surface area contributed by atoms with Crippen molar-refractivity contribution < 1.29 is 24.2 Å². The van der Waals surface area contributed by atoms with Crippen molar-refractivity contribution in [1.29, 1.82) is 0 Å². The molecule has 2 N–H and O–H groups in total. The zero-order valence-electron chi connectivity index (χ0n) is 18.5. The molecule has 0 aliphatic heterocycles. The van der Waals surface area contributed by atoms with Crippen molar-refractivity contribution in [3.63, 3.8) is 0 Å². The number of carboxylic acid groups (broad SMARTS) is 1. The molecule has 1 aliphatic carbocycles. The van der Waals surface area contributed by atoms with Crippen LogP contribution in [0.5, 0.6) is 0 Å². The molecule has 0 radical (unpaired) electrons. The summed E-state index contributed by atoms with van der Waals surface area (Å²) in [4.78, 5) is 36.6. The molecule has 7 nitrogen and oxygen atoms in total. The highest BCUT2D eigenvalue weighted by Crippen LogP contribution is 2.44. The lowest BCUT2D eigenvalue weighted by Crippen LogP contribution is -2.35. The number of amides is 2. The van der Waals surface area contributed by atoms with Crippen molar-refractivity contribution in [3.8, 4) is 11.1 Å². The van der Waals surface area contributed by atoms with Gasteiger partial charge >= 0.3 is 12.1 Å². The zero-order valence-corrected chi connectivity index (χ0v) is 18.5. The molecule has 3 rings (SSSR count). The van der Waals surface area contributed by atoms with Gasteiger partial charge < -0.3 is 20.1 Å². The minimum atomic E-state index is -0.869. The lowest BCUT2D eigenvalue weighted by molar-refractivity contribution is -0.138. The summed E-state index contributed by atoms with van der Waals surface area (Å²) < 4.78 is 5.54. The van der Waals surface area contributed by atoms with E-state index in [0.29, 0.717) is 19.4 Å². The van der Waals surface area contributed by atoms with E-state index < -0.39 is 12.1 Å². The Hall–Kier alpha value is -3.35. The van der Waals surface area contributed by atoms with Crippen LogP contribution in [0, 0.1) is 0 Å². The van der Waals surface area contributed by atoms with E-state index in [9.17, 15) is 14.4 Å². The van der Waals surface area contributed by atoms with Crippen LogP contribution in [0.2, 0.25) is 0 Å². The van der Waals surface area contributed by atoms with Gasteiger partial charge in [-0.3, -0.25) is 9.59 Å². The number of ether oxygens (including phenoxy) is 1. The lowest BCUT2D eigenvalue weighted by Gasteiger charge is -2.19. The molecule has 32 heavy (non-hydrogen) atoms. The number of nitrogens with one attached hydrogen (secondary N) is 1. The Labute approximate surface area is 188 Å². The highest BCUT2D eigenvalue weighted by molar-refractivity contribution is 5.79. The molecule has 0 saturated heterocycles. The molecule has 0 fully saturated rings. The van der Waals surface area contributed by atoms with Gasteiger partial charge in [-0.05, 0) is 42.0 Å². The molecular formula is C25H30N2O5. The van der Waals surface area contributed by atoms with Crippen LogP contribution in [0.4, 0.5) is 4.79 Å². The van der Waals surface area contributed by atoms with Gasteiger partial charge in [0, 0.05) is 38.4 Å². The molecule has 1 aliphatic rings. The fraction of sp³-hybridized carbons (Fsp3) is 0.400. The van der Waals surface area contributed by atoms with E-state index in [2.05, 4.69) is 29.6 Å². The molecule has 1 unspecified atom stereocenters. The largest absolute Gasteiger partial charge is 0.481 e. The quantitative estimate of drug-likeness (QED) is 0.584. The molecule has 0 saturated carbocycles. The second kappa shape index (κ2) is 10.8. The predicted molar refractivity (Wildman–Crippen MR) is 121 cm³/mol. The number of rotatable bonds is 10. The highest BCUT2D eigenvalue weighted by atomic mass is 16.5.